The predicted molar refractivity (Wildman–Crippen MR) is 107 cm³/mol. The lowest BCUT2D eigenvalue weighted by atomic mass is 9.97. The van der Waals surface area contributed by atoms with Crippen LogP contribution in [0.15, 0.2) is 30.3 Å². The SMILES string of the molecule is CC1NNC(C)C1CNCCN1CCN(C)CC1c1ccccc1.Cl. The summed E-state index contributed by atoms with van der Waals surface area (Å²) in [6.45, 7) is 11.2. The van der Waals surface area contributed by atoms with Crippen LogP contribution < -0.4 is 16.2 Å². The van der Waals surface area contributed by atoms with Crippen molar-refractivity contribution in [3.05, 3.63) is 35.9 Å². The number of rotatable bonds is 6. The number of benzene rings is 1. The Balaban J connectivity index is 0.00000225. The molecule has 0 spiro atoms. The van der Waals surface area contributed by atoms with Crippen LogP contribution in [-0.4, -0.2) is 68.2 Å². The van der Waals surface area contributed by atoms with Crippen molar-refractivity contribution >= 4 is 12.4 Å². The van der Waals surface area contributed by atoms with Crippen molar-refractivity contribution in [3.8, 4) is 0 Å². The van der Waals surface area contributed by atoms with Crippen LogP contribution in [0, 0.1) is 5.92 Å². The van der Waals surface area contributed by atoms with E-state index in [1.165, 1.54) is 5.56 Å². The number of likely N-dealkylation sites (N-methyl/N-ethyl adjacent to an activating group) is 1. The van der Waals surface area contributed by atoms with Crippen LogP contribution in [0.3, 0.4) is 0 Å². The van der Waals surface area contributed by atoms with Crippen molar-refractivity contribution in [3.63, 3.8) is 0 Å². The van der Waals surface area contributed by atoms with Crippen molar-refractivity contribution in [2.24, 2.45) is 5.92 Å². The third-order valence-corrected chi connectivity index (χ3v) is 5.66. The third kappa shape index (κ3) is 5.39. The van der Waals surface area contributed by atoms with E-state index in [1.54, 1.807) is 0 Å². The number of hydrazine groups is 1. The Bertz CT molecular complexity index is 490. The zero-order valence-electron chi connectivity index (χ0n) is 15.7. The molecule has 25 heavy (non-hydrogen) atoms. The maximum absolute atomic E-state index is 3.68. The average molecular weight is 368 g/mol. The minimum absolute atomic E-state index is 0. The maximum atomic E-state index is 3.68. The first kappa shape index (κ1) is 20.6. The van der Waals surface area contributed by atoms with E-state index in [9.17, 15) is 0 Å². The summed E-state index contributed by atoms with van der Waals surface area (Å²) < 4.78 is 0. The van der Waals surface area contributed by atoms with Crippen LogP contribution >= 0.6 is 12.4 Å². The van der Waals surface area contributed by atoms with Gasteiger partial charge in [-0.25, -0.2) is 0 Å². The summed E-state index contributed by atoms with van der Waals surface area (Å²) >= 11 is 0. The molecule has 2 aliphatic heterocycles. The van der Waals surface area contributed by atoms with Gasteiger partial charge >= 0.3 is 0 Å². The quantitative estimate of drug-likeness (QED) is 0.665. The minimum atomic E-state index is 0. The van der Waals surface area contributed by atoms with Gasteiger partial charge < -0.3 is 10.2 Å². The summed E-state index contributed by atoms with van der Waals surface area (Å²) in [5, 5.41) is 3.68. The molecule has 1 aromatic carbocycles. The Morgan fingerprint density at radius 1 is 1.08 bits per heavy atom. The molecule has 3 atom stereocenters. The normalized spacial score (nSPS) is 31.0. The molecule has 3 unspecified atom stereocenters. The van der Waals surface area contributed by atoms with Crippen molar-refractivity contribution in [1.82, 2.24) is 26.0 Å². The first-order valence-electron chi connectivity index (χ1n) is 9.34. The van der Waals surface area contributed by atoms with Crippen LogP contribution in [-0.2, 0) is 0 Å². The van der Waals surface area contributed by atoms with Gasteiger partial charge in [0.05, 0.1) is 0 Å². The fourth-order valence-electron chi connectivity index (χ4n) is 3.97. The molecule has 0 aliphatic carbocycles. The van der Waals surface area contributed by atoms with Crippen LogP contribution in [0.4, 0.5) is 0 Å². The topological polar surface area (TPSA) is 42.6 Å². The Morgan fingerprint density at radius 3 is 2.44 bits per heavy atom. The first-order valence-corrected chi connectivity index (χ1v) is 9.34. The van der Waals surface area contributed by atoms with Gasteiger partial charge in [0.15, 0.2) is 0 Å². The van der Waals surface area contributed by atoms with Gasteiger partial charge in [-0.1, -0.05) is 30.3 Å². The third-order valence-electron chi connectivity index (χ3n) is 5.66. The van der Waals surface area contributed by atoms with Crippen molar-refractivity contribution in [1.29, 1.82) is 0 Å². The zero-order valence-corrected chi connectivity index (χ0v) is 16.6. The predicted octanol–water partition coefficient (Wildman–Crippen LogP) is 1.49. The largest absolute Gasteiger partial charge is 0.315 e. The van der Waals surface area contributed by atoms with Gasteiger partial charge in [0, 0.05) is 63.3 Å². The average Bonchev–Trinajstić information content (AvgIpc) is 2.92. The molecular weight excluding hydrogens is 334 g/mol. The molecule has 0 amide bonds. The van der Waals surface area contributed by atoms with Crippen LogP contribution in [0.25, 0.3) is 0 Å². The van der Waals surface area contributed by atoms with Crippen LogP contribution in [0.1, 0.15) is 25.5 Å². The van der Waals surface area contributed by atoms with Gasteiger partial charge in [0.1, 0.15) is 0 Å². The summed E-state index contributed by atoms with van der Waals surface area (Å²) in [5.74, 6) is 0.655. The van der Waals surface area contributed by atoms with E-state index in [1.807, 2.05) is 0 Å². The second-order valence-electron chi connectivity index (χ2n) is 7.46. The number of hydrogen-bond acceptors (Lipinski definition) is 5. The minimum Gasteiger partial charge on any atom is -0.315 e. The molecule has 0 bridgehead atoms. The monoisotopic (exact) mass is 367 g/mol. The van der Waals surface area contributed by atoms with Gasteiger partial charge in [-0.3, -0.25) is 15.8 Å². The van der Waals surface area contributed by atoms with E-state index in [-0.39, 0.29) is 12.4 Å². The summed E-state index contributed by atoms with van der Waals surface area (Å²) in [5.41, 5.74) is 8.11. The molecule has 2 fully saturated rings. The molecule has 1 aromatic rings. The highest BCUT2D eigenvalue weighted by Gasteiger charge is 2.29. The van der Waals surface area contributed by atoms with Gasteiger partial charge in [-0.2, -0.15) is 0 Å². The summed E-state index contributed by atoms with van der Waals surface area (Å²) in [7, 11) is 2.23. The smallest absolute Gasteiger partial charge is 0.0476 e. The second-order valence-corrected chi connectivity index (χ2v) is 7.46. The summed E-state index contributed by atoms with van der Waals surface area (Å²) in [6.07, 6.45) is 0. The molecule has 3 rings (SSSR count). The fourth-order valence-corrected chi connectivity index (χ4v) is 3.97. The summed E-state index contributed by atoms with van der Waals surface area (Å²) in [6, 6.07) is 12.5. The number of halogens is 1. The Kier molecular flexibility index (Phi) is 8.13. The highest BCUT2D eigenvalue weighted by molar-refractivity contribution is 5.85. The van der Waals surface area contributed by atoms with E-state index < -0.39 is 0 Å². The molecule has 2 aliphatic rings. The lowest BCUT2D eigenvalue weighted by Gasteiger charge is -2.40. The van der Waals surface area contributed by atoms with Gasteiger partial charge in [-0.05, 0) is 26.5 Å². The number of piperazine rings is 1. The first-order chi connectivity index (χ1) is 11.6. The molecule has 6 heteroatoms. The standard InChI is InChI=1S/C19H33N5.ClH/c1-15-18(16(2)22-21-15)13-20-9-10-24-12-11-23(3)14-19(24)17-7-5-4-6-8-17;/h4-8,15-16,18-22H,9-14H2,1-3H3;1H. The molecule has 5 nitrogen and oxygen atoms in total. The molecule has 142 valence electrons. The van der Waals surface area contributed by atoms with Gasteiger partial charge in [0.25, 0.3) is 0 Å². The Hall–Kier alpha value is -0.690. The lowest BCUT2D eigenvalue weighted by molar-refractivity contribution is 0.0903. The number of nitrogens with zero attached hydrogens (tertiary/aromatic N) is 2. The molecular formula is C19H34ClN5. The van der Waals surface area contributed by atoms with Crippen LogP contribution in [0.5, 0.6) is 0 Å². The molecule has 0 radical (unpaired) electrons. The lowest BCUT2D eigenvalue weighted by Crippen LogP contribution is -2.49. The maximum Gasteiger partial charge on any atom is 0.0476 e. The molecule has 0 saturated carbocycles. The number of hydrogen-bond donors (Lipinski definition) is 3. The van der Waals surface area contributed by atoms with Gasteiger partial charge in [-0.15, -0.1) is 12.4 Å². The molecule has 0 aromatic heterocycles. The zero-order chi connectivity index (χ0) is 16.9. The molecule has 2 saturated heterocycles. The fraction of sp³-hybridized carbons (Fsp3) is 0.684. The van der Waals surface area contributed by atoms with Gasteiger partial charge in [0.2, 0.25) is 0 Å². The van der Waals surface area contributed by atoms with Crippen molar-refractivity contribution in [2.75, 3.05) is 46.3 Å². The number of nitrogens with one attached hydrogen (secondary N) is 3. The Morgan fingerprint density at radius 2 is 1.76 bits per heavy atom. The van der Waals surface area contributed by atoms with Crippen molar-refractivity contribution < 1.29 is 0 Å². The van der Waals surface area contributed by atoms with E-state index in [0.717, 1.165) is 39.3 Å². The van der Waals surface area contributed by atoms with E-state index in [0.29, 0.717) is 24.0 Å². The highest BCUT2D eigenvalue weighted by Crippen LogP contribution is 2.24. The highest BCUT2D eigenvalue weighted by atomic mass is 35.5. The Labute approximate surface area is 158 Å². The van der Waals surface area contributed by atoms with E-state index in [4.69, 9.17) is 0 Å². The van der Waals surface area contributed by atoms with Crippen molar-refractivity contribution in [2.45, 2.75) is 32.0 Å². The summed E-state index contributed by atoms with van der Waals surface area (Å²) in [4.78, 5) is 5.08. The van der Waals surface area contributed by atoms with E-state index in [2.05, 4.69) is 77.2 Å². The molecule has 2 heterocycles. The molecule has 3 N–H and O–H groups in total. The second kappa shape index (κ2) is 9.86. The van der Waals surface area contributed by atoms with Crippen LogP contribution in [0.2, 0.25) is 0 Å². The van der Waals surface area contributed by atoms with E-state index >= 15 is 0 Å².